The standard InChI is InChI=1S/C15H24N2O3S/c1-11-3-5-13(6-4-11)17-21(18,19)14-7-8-15(20-2)12(9-14)10-16/h7-9,11,13,17H,3-6,10,16H2,1-2H3. The van der Waals surface area contributed by atoms with E-state index in [-0.39, 0.29) is 17.5 Å². The van der Waals surface area contributed by atoms with Gasteiger partial charge in [0.1, 0.15) is 5.75 Å². The molecular formula is C15H24N2O3S. The van der Waals surface area contributed by atoms with E-state index in [1.165, 1.54) is 0 Å². The molecule has 0 aliphatic heterocycles. The van der Waals surface area contributed by atoms with E-state index in [1.54, 1.807) is 25.3 Å². The first-order valence-electron chi connectivity index (χ1n) is 7.35. The molecule has 1 aliphatic carbocycles. The van der Waals surface area contributed by atoms with Crippen LogP contribution in [-0.2, 0) is 16.6 Å². The molecule has 1 aromatic rings. The number of nitrogens with one attached hydrogen (secondary N) is 1. The van der Waals surface area contributed by atoms with Gasteiger partial charge >= 0.3 is 0 Å². The van der Waals surface area contributed by atoms with Gasteiger partial charge in [0, 0.05) is 18.2 Å². The molecule has 1 aromatic carbocycles. The Morgan fingerprint density at radius 1 is 1.29 bits per heavy atom. The molecule has 1 saturated carbocycles. The van der Waals surface area contributed by atoms with Crippen LogP contribution in [-0.4, -0.2) is 21.6 Å². The summed E-state index contributed by atoms with van der Waals surface area (Å²) in [6.45, 7) is 2.45. The monoisotopic (exact) mass is 312 g/mol. The van der Waals surface area contributed by atoms with E-state index in [1.807, 2.05) is 0 Å². The number of hydrogen-bond acceptors (Lipinski definition) is 4. The number of methoxy groups -OCH3 is 1. The van der Waals surface area contributed by atoms with Gasteiger partial charge in [-0.2, -0.15) is 0 Å². The third-order valence-corrected chi connectivity index (χ3v) is 5.64. The lowest BCUT2D eigenvalue weighted by Crippen LogP contribution is -2.37. The fourth-order valence-electron chi connectivity index (χ4n) is 2.75. The van der Waals surface area contributed by atoms with Gasteiger partial charge in [-0.25, -0.2) is 13.1 Å². The highest BCUT2D eigenvalue weighted by Crippen LogP contribution is 2.26. The molecule has 0 spiro atoms. The lowest BCUT2D eigenvalue weighted by Gasteiger charge is -2.26. The minimum absolute atomic E-state index is 0.0367. The maximum absolute atomic E-state index is 12.5. The van der Waals surface area contributed by atoms with Crippen LogP contribution < -0.4 is 15.2 Å². The van der Waals surface area contributed by atoms with E-state index < -0.39 is 10.0 Å². The summed E-state index contributed by atoms with van der Waals surface area (Å²) in [4.78, 5) is 0.252. The van der Waals surface area contributed by atoms with Crippen LogP contribution in [0.15, 0.2) is 23.1 Å². The second kappa shape index (κ2) is 6.77. The molecule has 0 heterocycles. The first kappa shape index (κ1) is 16.3. The smallest absolute Gasteiger partial charge is 0.240 e. The van der Waals surface area contributed by atoms with Gasteiger partial charge in [0.05, 0.1) is 12.0 Å². The quantitative estimate of drug-likeness (QED) is 0.871. The summed E-state index contributed by atoms with van der Waals surface area (Å²) < 4.78 is 32.9. The first-order chi connectivity index (χ1) is 9.96. The Kier molecular flexibility index (Phi) is 5.24. The van der Waals surface area contributed by atoms with Crippen LogP contribution in [0.2, 0.25) is 0 Å². The van der Waals surface area contributed by atoms with Crippen molar-refractivity contribution in [3.05, 3.63) is 23.8 Å². The van der Waals surface area contributed by atoms with Crippen molar-refractivity contribution < 1.29 is 13.2 Å². The van der Waals surface area contributed by atoms with Crippen molar-refractivity contribution in [2.24, 2.45) is 11.7 Å². The van der Waals surface area contributed by atoms with Gasteiger partial charge in [-0.15, -0.1) is 0 Å². The normalized spacial score (nSPS) is 23.0. The minimum atomic E-state index is -3.50. The van der Waals surface area contributed by atoms with Gasteiger partial charge in [-0.3, -0.25) is 0 Å². The third kappa shape index (κ3) is 3.96. The highest BCUT2D eigenvalue weighted by molar-refractivity contribution is 7.89. The second-order valence-corrected chi connectivity index (χ2v) is 7.47. The summed E-state index contributed by atoms with van der Waals surface area (Å²) in [6.07, 6.45) is 3.95. The van der Waals surface area contributed by atoms with Crippen LogP contribution in [0, 0.1) is 5.92 Å². The fourth-order valence-corrected chi connectivity index (χ4v) is 4.10. The van der Waals surface area contributed by atoms with E-state index >= 15 is 0 Å². The van der Waals surface area contributed by atoms with Crippen molar-refractivity contribution in [1.82, 2.24) is 4.72 Å². The number of ether oxygens (including phenoxy) is 1. The molecule has 0 radical (unpaired) electrons. The Bertz CT molecular complexity index is 579. The molecule has 21 heavy (non-hydrogen) atoms. The van der Waals surface area contributed by atoms with Gasteiger partial charge in [-0.1, -0.05) is 6.92 Å². The van der Waals surface area contributed by atoms with Crippen molar-refractivity contribution in [2.75, 3.05) is 7.11 Å². The van der Waals surface area contributed by atoms with Crippen LogP contribution >= 0.6 is 0 Å². The third-order valence-electron chi connectivity index (χ3n) is 4.12. The predicted octanol–water partition coefficient (Wildman–Crippen LogP) is 2.01. The lowest BCUT2D eigenvalue weighted by atomic mass is 9.88. The lowest BCUT2D eigenvalue weighted by molar-refractivity contribution is 0.332. The van der Waals surface area contributed by atoms with E-state index in [0.29, 0.717) is 17.2 Å². The zero-order valence-electron chi connectivity index (χ0n) is 12.6. The number of hydrogen-bond donors (Lipinski definition) is 2. The Morgan fingerprint density at radius 3 is 2.52 bits per heavy atom. The zero-order chi connectivity index (χ0) is 15.5. The topological polar surface area (TPSA) is 81.4 Å². The first-order valence-corrected chi connectivity index (χ1v) is 8.84. The molecule has 0 aromatic heterocycles. The van der Waals surface area contributed by atoms with Crippen molar-refractivity contribution in [2.45, 2.75) is 50.1 Å². The Morgan fingerprint density at radius 2 is 1.95 bits per heavy atom. The number of sulfonamides is 1. The fraction of sp³-hybridized carbons (Fsp3) is 0.600. The highest BCUT2D eigenvalue weighted by Gasteiger charge is 2.24. The van der Waals surface area contributed by atoms with E-state index in [2.05, 4.69) is 11.6 Å². The Balaban J connectivity index is 2.15. The molecule has 0 amide bonds. The molecule has 1 fully saturated rings. The maximum Gasteiger partial charge on any atom is 0.240 e. The molecular weight excluding hydrogens is 288 g/mol. The largest absolute Gasteiger partial charge is 0.496 e. The van der Waals surface area contributed by atoms with Crippen LogP contribution in [0.3, 0.4) is 0 Å². The van der Waals surface area contributed by atoms with E-state index in [9.17, 15) is 8.42 Å². The highest BCUT2D eigenvalue weighted by atomic mass is 32.2. The predicted molar refractivity (Wildman–Crippen MR) is 82.6 cm³/mol. The Labute approximate surface area is 126 Å². The summed E-state index contributed by atoms with van der Waals surface area (Å²) >= 11 is 0. The van der Waals surface area contributed by atoms with Crippen molar-refractivity contribution in [1.29, 1.82) is 0 Å². The zero-order valence-corrected chi connectivity index (χ0v) is 13.4. The molecule has 1 aliphatic rings. The molecule has 3 N–H and O–H groups in total. The number of rotatable bonds is 5. The van der Waals surface area contributed by atoms with Crippen LogP contribution in [0.5, 0.6) is 5.75 Å². The van der Waals surface area contributed by atoms with Crippen molar-refractivity contribution >= 4 is 10.0 Å². The van der Waals surface area contributed by atoms with Crippen molar-refractivity contribution in [3.8, 4) is 5.75 Å². The van der Waals surface area contributed by atoms with Gasteiger partial charge in [0.15, 0.2) is 0 Å². The SMILES string of the molecule is COc1ccc(S(=O)(=O)NC2CCC(C)CC2)cc1CN. The molecule has 0 unspecified atom stereocenters. The summed E-state index contributed by atoms with van der Waals surface area (Å²) in [6, 6.07) is 4.84. The van der Waals surface area contributed by atoms with Crippen LogP contribution in [0.25, 0.3) is 0 Å². The van der Waals surface area contributed by atoms with Gasteiger partial charge in [-0.05, 0) is 49.8 Å². The van der Waals surface area contributed by atoms with Gasteiger partial charge < -0.3 is 10.5 Å². The average molecular weight is 312 g/mol. The van der Waals surface area contributed by atoms with Gasteiger partial charge in [0.25, 0.3) is 0 Å². The molecule has 6 heteroatoms. The molecule has 0 atom stereocenters. The summed E-state index contributed by atoms with van der Waals surface area (Å²) in [5, 5.41) is 0. The number of nitrogens with two attached hydrogens (primary N) is 1. The summed E-state index contributed by atoms with van der Waals surface area (Å²) in [5.41, 5.74) is 6.33. The van der Waals surface area contributed by atoms with Crippen molar-refractivity contribution in [3.63, 3.8) is 0 Å². The average Bonchev–Trinajstić information content (AvgIpc) is 2.48. The molecule has 2 rings (SSSR count). The minimum Gasteiger partial charge on any atom is -0.496 e. The maximum atomic E-state index is 12.5. The van der Waals surface area contributed by atoms with Gasteiger partial charge in [0.2, 0.25) is 10.0 Å². The molecule has 5 nitrogen and oxygen atoms in total. The molecule has 118 valence electrons. The van der Waals surface area contributed by atoms with Crippen LogP contribution in [0.4, 0.5) is 0 Å². The second-order valence-electron chi connectivity index (χ2n) is 5.76. The molecule has 0 bridgehead atoms. The summed E-state index contributed by atoms with van der Waals surface area (Å²) in [5.74, 6) is 1.30. The van der Waals surface area contributed by atoms with Crippen LogP contribution in [0.1, 0.15) is 38.2 Å². The number of benzene rings is 1. The Hall–Kier alpha value is -1.11. The van der Waals surface area contributed by atoms with E-state index in [4.69, 9.17) is 10.5 Å². The molecule has 0 saturated heterocycles. The van der Waals surface area contributed by atoms with E-state index in [0.717, 1.165) is 25.7 Å². The summed E-state index contributed by atoms with van der Waals surface area (Å²) in [7, 11) is -1.95.